The van der Waals surface area contributed by atoms with Crippen LogP contribution >= 0.6 is 0 Å². The molecule has 1 atom stereocenters. The smallest absolute Gasteiger partial charge is 0.416 e. The normalized spacial score (nSPS) is 12.5. The Kier molecular flexibility index (Phi) is 6.14. The average molecular weight is 432 g/mol. The molecule has 1 amide bonds. The van der Waals surface area contributed by atoms with Crippen molar-refractivity contribution in [3.8, 4) is 0 Å². The number of nitrogens with one attached hydrogen (secondary N) is 1. The summed E-state index contributed by atoms with van der Waals surface area (Å²) in [6.07, 6.45) is -3.42. The number of nitrogens with zero attached hydrogens (tertiary/aromatic N) is 1. The number of aromatic nitrogens is 1. The van der Waals surface area contributed by atoms with E-state index in [0.717, 1.165) is 24.4 Å². The van der Waals surface area contributed by atoms with E-state index >= 15 is 0 Å². The molecular weight excluding hydrogens is 413 g/mol. The molecule has 1 heterocycles. The number of halogens is 3. The molecule has 3 aromatic rings. The highest BCUT2D eigenvalue weighted by Crippen LogP contribution is 2.31. The van der Waals surface area contributed by atoms with Crippen molar-refractivity contribution in [3.63, 3.8) is 0 Å². The number of benzene rings is 2. The van der Waals surface area contributed by atoms with E-state index in [1.807, 2.05) is 0 Å². The number of amides is 1. The Morgan fingerprint density at radius 1 is 1.13 bits per heavy atom. The number of aliphatic carboxylic acids is 1. The lowest BCUT2D eigenvalue weighted by Crippen LogP contribution is -2.43. The molecule has 0 aliphatic heterocycles. The SMILES string of the molecule is CCn1cc(C(=O)N[C@H](Cc2ccccc2)C(=O)O)c(=O)c2ccc(C(F)(F)F)cc21. The van der Waals surface area contributed by atoms with Gasteiger partial charge < -0.3 is 15.0 Å². The number of alkyl halides is 3. The van der Waals surface area contributed by atoms with Crippen LogP contribution in [-0.2, 0) is 23.9 Å². The van der Waals surface area contributed by atoms with Crippen LogP contribution in [-0.4, -0.2) is 27.6 Å². The lowest BCUT2D eigenvalue weighted by molar-refractivity contribution is -0.139. The summed E-state index contributed by atoms with van der Waals surface area (Å²) < 4.78 is 40.5. The van der Waals surface area contributed by atoms with Crippen LogP contribution < -0.4 is 10.7 Å². The molecule has 162 valence electrons. The van der Waals surface area contributed by atoms with E-state index in [1.54, 1.807) is 37.3 Å². The van der Waals surface area contributed by atoms with Gasteiger partial charge in [-0.2, -0.15) is 13.2 Å². The van der Waals surface area contributed by atoms with Crippen LogP contribution in [0.2, 0.25) is 0 Å². The Morgan fingerprint density at radius 2 is 1.81 bits per heavy atom. The molecule has 2 N–H and O–H groups in total. The van der Waals surface area contributed by atoms with Gasteiger partial charge in [-0.1, -0.05) is 30.3 Å². The molecule has 31 heavy (non-hydrogen) atoms. The lowest BCUT2D eigenvalue weighted by Gasteiger charge is -2.17. The van der Waals surface area contributed by atoms with Crippen LogP contribution in [0.3, 0.4) is 0 Å². The number of rotatable bonds is 6. The van der Waals surface area contributed by atoms with Crippen LogP contribution in [0.25, 0.3) is 10.9 Å². The molecular formula is C22H19F3N2O4. The maximum absolute atomic E-state index is 13.1. The first-order valence-corrected chi connectivity index (χ1v) is 9.43. The maximum Gasteiger partial charge on any atom is 0.416 e. The molecule has 0 bridgehead atoms. The van der Waals surface area contributed by atoms with E-state index in [0.29, 0.717) is 5.56 Å². The molecule has 1 aromatic heterocycles. The molecule has 2 aromatic carbocycles. The molecule has 0 fully saturated rings. The number of aryl methyl sites for hydroxylation is 1. The van der Waals surface area contributed by atoms with Crippen LogP contribution in [0.4, 0.5) is 13.2 Å². The first-order chi connectivity index (χ1) is 14.6. The van der Waals surface area contributed by atoms with Crippen molar-refractivity contribution in [2.24, 2.45) is 0 Å². The van der Waals surface area contributed by atoms with Crippen LogP contribution in [0.1, 0.15) is 28.4 Å². The minimum absolute atomic E-state index is 0.00635. The number of hydrogen-bond acceptors (Lipinski definition) is 3. The maximum atomic E-state index is 13.1. The Hall–Kier alpha value is -3.62. The van der Waals surface area contributed by atoms with Crippen molar-refractivity contribution in [1.82, 2.24) is 9.88 Å². The standard InChI is InChI=1S/C22H19F3N2O4/c1-2-27-12-16(19(28)15-9-8-14(11-18(15)27)22(23,24)25)20(29)26-17(21(30)31)10-13-6-4-3-5-7-13/h3-9,11-12,17H,2,10H2,1H3,(H,26,29)(H,30,31)/t17-/m1/s1. The highest BCUT2D eigenvalue weighted by Gasteiger charge is 2.31. The number of carboxylic acids is 1. The summed E-state index contributed by atoms with van der Waals surface area (Å²) >= 11 is 0. The number of carbonyl (C=O) groups is 2. The quantitative estimate of drug-likeness (QED) is 0.625. The molecule has 3 rings (SSSR count). The van der Waals surface area contributed by atoms with Crippen LogP contribution in [0.5, 0.6) is 0 Å². The number of hydrogen-bond donors (Lipinski definition) is 2. The van der Waals surface area contributed by atoms with Gasteiger partial charge in [0.05, 0.1) is 11.1 Å². The van der Waals surface area contributed by atoms with E-state index in [9.17, 15) is 32.7 Å². The Labute approximate surface area is 174 Å². The summed E-state index contributed by atoms with van der Waals surface area (Å²) in [5.74, 6) is -2.18. The second-order valence-corrected chi connectivity index (χ2v) is 6.94. The Bertz CT molecular complexity index is 1190. The average Bonchev–Trinajstić information content (AvgIpc) is 2.73. The number of carboxylic acid groups (broad SMARTS) is 1. The minimum Gasteiger partial charge on any atom is -0.480 e. The summed E-state index contributed by atoms with van der Waals surface area (Å²) in [6.45, 7) is 1.85. The van der Waals surface area contributed by atoms with Gasteiger partial charge in [0.1, 0.15) is 11.6 Å². The van der Waals surface area contributed by atoms with Gasteiger partial charge in [-0.05, 0) is 30.7 Å². The largest absolute Gasteiger partial charge is 0.480 e. The second-order valence-electron chi connectivity index (χ2n) is 6.94. The zero-order valence-electron chi connectivity index (χ0n) is 16.4. The van der Waals surface area contributed by atoms with Gasteiger partial charge in [0.25, 0.3) is 5.91 Å². The molecule has 0 radical (unpaired) electrons. The zero-order valence-corrected chi connectivity index (χ0v) is 16.4. The van der Waals surface area contributed by atoms with E-state index in [-0.39, 0.29) is 29.4 Å². The number of fused-ring (bicyclic) bond motifs is 1. The summed E-state index contributed by atoms with van der Waals surface area (Å²) in [4.78, 5) is 37.2. The van der Waals surface area contributed by atoms with Crippen molar-refractivity contribution in [2.45, 2.75) is 32.1 Å². The molecule has 6 nitrogen and oxygen atoms in total. The first-order valence-electron chi connectivity index (χ1n) is 9.43. The Morgan fingerprint density at radius 3 is 2.39 bits per heavy atom. The fraction of sp³-hybridized carbons (Fsp3) is 0.227. The first kappa shape index (κ1) is 22.1. The molecule has 0 saturated carbocycles. The van der Waals surface area contributed by atoms with E-state index in [2.05, 4.69) is 5.32 Å². The topological polar surface area (TPSA) is 88.4 Å². The fourth-order valence-electron chi connectivity index (χ4n) is 3.28. The predicted molar refractivity (Wildman–Crippen MR) is 108 cm³/mol. The van der Waals surface area contributed by atoms with Gasteiger partial charge in [0.2, 0.25) is 5.43 Å². The van der Waals surface area contributed by atoms with Gasteiger partial charge in [-0.3, -0.25) is 9.59 Å². The van der Waals surface area contributed by atoms with E-state index in [4.69, 9.17) is 0 Å². The van der Waals surface area contributed by atoms with Gasteiger partial charge in [0, 0.05) is 24.5 Å². The van der Waals surface area contributed by atoms with Crippen molar-refractivity contribution in [2.75, 3.05) is 0 Å². The molecule has 0 unspecified atom stereocenters. The zero-order chi connectivity index (χ0) is 22.8. The lowest BCUT2D eigenvalue weighted by atomic mass is 10.0. The third-order valence-electron chi connectivity index (χ3n) is 4.88. The third kappa shape index (κ3) is 4.76. The van der Waals surface area contributed by atoms with E-state index in [1.165, 1.54) is 4.57 Å². The second kappa shape index (κ2) is 8.63. The van der Waals surface area contributed by atoms with E-state index < -0.39 is 35.1 Å². The molecule has 0 spiro atoms. The van der Waals surface area contributed by atoms with Gasteiger partial charge in [-0.25, -0.2) is 4.79 Å². The molecule has 0 aliphatic rings. The highest BCUT2D eigenvalue weighted by molar-refractivity contribution is 5.99. The summed E-state index contributed by atoms with van der Waals surface area (Å²) in [6, 6.07) is 10.0. The summed E-state index contributed by atoms with van der Waals surface area (Å²) in [5.41, 5.74) is -1.30. The van der Waals surface area contributed by atoms with Crippen molar-refractivity contribution in [3.05, 3.63) is 81.6 Å². The van der Waals surface area contributed by atoms with Crippen LogP contribution in [0.15, 0.2) is 59.5 Å². The minimum atomic E-state index is -4.58. The molecule has 0 aliphatic carbocycles. The molecule has 0 saturated heterocycles. The fourth-order valence-corrected chi connectivity index (χ4v) is 3.28. The summed E-state index contributed by atoms with van der Waals surface area (Å²) in [5, 5.41) is 11.8. The monoisotopic (exact) mass is 432 g/mol. The van der Waals surface area contributed by atoms with Crippen molar-refractivity contribution >= 4 is 22.8 Å². The van der Waals surface area contributed by atoms with Gasteiger partial charge >= 0.3 is 12.1 Å². The van der Waals surface area contributed by atoms with Gasteiger partial charge in [-0.15, -0.1) is 0 Å². The summed E-state index contributed by atoms with van der Waals surface area (Å²) in [7, 11) is 0. The highest BCUT2D eigenvalue weighted by atomic mass is 19.4. The Balaban J connectivity index is 1.99. The van der Waals surface area contributed by atoms with Crippen molar-refractivity contribution < 1.29 is 27.9 Å². The number of pyridine rings is 1. The van der Waals surface area contributed by atoms with Gasteiger partial charge in [0.15, 0.2) is 0 Å². The van der Waals surface area contributed by atoms with Crippen LogP contribution in [0, 0.1) is 0 Å². The third-order valence-corrected chi connectivity index (χ3v) is 4.88. The van der Waals surface area contributed by atoms with Crippen molar-refractivity contribution in [1.29, 1.82) is 0 Å². The predicted octanol–water partition coefficient (Wildman–Crippen LogP) is 3.47. The molecule has 9 heteroatoms. The number of carbonyl (C=O) groups excluding carboxylic acids is 1.